The smallest absolute Gasteiger partial charge is 0.147 e. The van der Waals surface area contributed by atoms with Crippen LogP contribution in [-0.4, -0.2) is 9.97 Å². The molecule has 6 heteroatoms. The minimum Gasteiger partial charge on any atom is -0.308 e. The number of hydrogen-bond donors (Lipinski definition) is 2. The highest BCUT2D eigenvalue weighted by Crippen LogP contribution is 2.40. The van der Waals surface area contributed by atoms with E-state index in [1.54, 1.807) is 11.8 Å². The van der Waals surface area contributed by atoms with E-state index in [9.17, 15) is 0 Å². The lowest BCUT2D eigenvalue weighted by molar-refractivity contribution is 0.862. The molecule has 21 heavy (non-hydrogen) atoms. The van der Waals surface area contributed by atoms with Crippen molar-refractivity contribution in [2.24, 2.45) is 5.84 Å². The second-order valence-electron chi connectivity index (χ2n) is 5.16. The maximum absolute atomic E-state index is 6.20. The highest BCUT2D eigenvalue weighted by molar-refractivity contribution is 7.98. The van der Waals surface area contributed by atoms with Crippen molar-refractivity contribution in [1.82, 2.24) is 9.97 Å². The van der Waals surface area contributed by atoms with Crippen LogP contribution < -0.4 is 11.3 Å². The molecular weight excluding hydrogens is 304 g/mol. The van der Waals surface area contributed by atoms with Crippen molar-refractivity contribution in [3.05, 3.63) is 46.2 Å². The molecule has 2 aromatic rings. The molecule has 1 aromatic heterocycles. The Morgan fingerprint density at radius 1 is 1.33 bits per heavy atom. The van der Waals surface area contributed by atoms with Crippen molar-refractivity contribution >= 4 is 29.2 Å². The summed E-state index contributed by atoms with van der Waals surface area (Å²) in [4.78, 5) is 9.20. The minimum atomic E-state index is 0.498. The van der Waals surface area contributed by atoms with E-state index in [1.165, 1.54) is 12.8 Å². The number of nitrogens with one attached hydrogen (secondary N) is 1. The molecule has 110 valence electrons. The first kappa shape index (κ1) is 14.6. The van der Waals surface area contributed by atoms with Crippen LogP contribution in [0.1, 0.15) is 35.7 Å². The normalized spacial score (nSPS) is 14.2. The summed E-state index contributed by atoms with van der Waals surface area (Å²) in [7, 11) is 0. The topological polar surface area (TPSA) is 63.8 Å². The third kappa shape index (κ3) is 3.31. The van der Waals surface area contributed by atoms with Gasteiger partial charge in [0.1, 0.15) is 16.7 Å². The standard InChI is InChI=1S/C15H17ClN4S/c1-9-13(20-17)18-14(10-6-7-10)19-15(9)21-8-11-4-2-3-5-12(11)16/h2-5,10H,6-8,17H2,1H3,(H,18,19,20). The fourth-order valence-corrected chi connectivity index (χ4v) is 3.38. The Kier molecular flexibility index (Phi) is 4.33. The lowest BCUT2D eigenvalue weighted by atomic mass is 10.2. The first-order chi connectivity index (χ1) is 10.2. The zero-order valence-corrected chi connectivity index (χ0v) is 13.3. The van der Waals surface area contributed by atoms with E-state index in [1.807, 2.05) is 31.2 Å². The van der Waals surface area contributed by atoms with Crippen molar-refractivity contribution in [3.8, 4) is 0 Å². The molecule has 1 aliphatic carbocycles. The van der Waals surface area contributed by atoms with E-state index in [4.69, 9.17) is 22.4 Å². The van der Waals surface area contributed by atoms with Crippen LogP contribution in [0.4, 0.5) is 5.82 Å². The van der Waals surface area contributed by atoms with Crippen LogP contribution in [0.3, 0.4) is 0 Å². The van der Waals surface area contributed by atoms with Crippen molar-refractivity contribution in [1.29, 1.82) is 0 Å². The van der Waals surface area contributed by atoms with Gasteiger partial charge in [-0.05, 0) is 31.4 Å². The number of hydrogen-bond acceptors (Lipinski definition) is 5. The highest BCUT2D eigenvalue weighted by Gasteiger charge is 2.28. The van der Waals surface area contributed by atoms with Gasteiger partial charge in [-0.15, -0.1) is 11.8 Å². The monoisotopic (exact) mass is 320 g/mol. The van der Waals surface area contributed by atoms with E-state index < -0.39 is 0 Å². The molecule has 4 nitrogen and oxygen atoms in total. The first-order valence-electron chi connectivity index (χ1n) is 6.90. The SMILES string of the molecule is Cc1c(NN)nc(C2CC2)nc1SCc1ccccc1Cl. The number of benzene rings is 1. The van der Waals surface area contributed by atoms with Gasteiger partial charge in [-0.1, -0.05) is 29.8 Å². The van der Waals surface area contributed by atoms with Gasteiger partial charge in [0.25, 0.3) is 0 Å². The number of nitrogens with two attached hydrogens (primary N) is 1. The van der Waals surface area contributed by atoms with E-state index in [0.717, 1.165) is 32.8 Å². The molecule has 3 rings (SSSR count). The summed E-state index contributed by atoms with van der Waals surface area (Å²) >= 11 is 7.87. The Balaban J connectivity index is 1.84. The van der Waals surface area contributed by atoms with E-state index >= 15 is 0 Å². The van der Waals surface area contributed by atoms with Crippen LogP contribution in [-0.2, 0) is 5.75 Å². The predicted molar refractivity (Wildman–Crippen MR) is 87.6 cm³/mol. The van der Waals surface area contributed by atoms with Crippen LogP contribution >= 0.6 is 23.4 Å². The summed E-state index contributed by atoms with van der Waals surface area (Å²) in [5.74, 6) is 8.47. The fraction of sp³-hybridized carbons (Fsp3) is 0.333. The molecule has 0 aliphatic heterocycles. The summed E-state index contributed by atoms with van der Waals surface area (Å²) in [6.45, 7) is 1.99. The molecule has 0 amide bonds. The predicted octanol–water partition coefficient (Wildman–Crippen LogP) is 3.89. The second-order valence-corrected chi connectivity index (χ2v) is 6.53. The van der Waals surface area contributed by atoms with Gasteiger partial charge in [0, 0.05) is 22.3 Å². The van der Waals surface area contributed by atoms with Crippen molar-refractivity contribution in [2.75, 3.05) is 5.43 Å². The van der Waals surface area contributed by atoms with E-state index in [-0.39, 0.29) is 0 Å². The third-order valence-corrected chi connectivity index (χ3v) is 5.01. The number of nitrogen functional groups attached to an aromatic ring is 1. The van der Waals surface area contributed by atoms with Crippen molar-refractivity contribution in [2.45, 2.75) is 36.5 Å². The summed E-state index contributed by atoms with van der Waals surface area (Å²) in [5.41, 5.74) is 4.77. The maximum Gasteiger partial charge on any atom is 0.147 e. The van der Waals surface area contributed by atoms with Gasteiger partial charge < -0.3 is 5.43 Å². The Hall–Kier alpha value is -1.30. The number of nitrogens with zero attached hydrogens (tertiary/aromatic N) is 2. The Labute approximate surface area is 133 Å². The van der Waals surface area contributed by atoms with Crippen molar-refractivity contribution in [3.63, 3.8) is 0 Å². The second kappa shape index (κ2) is 6.22. The van der Waals surface area contributed by atoms with Gasteiger partial charge in [-0.25, -0.2) is 15.8 Å². The quantitative estimate of drug-likeness (QED) is 0.379. The molecule has 0 radical (unpaired) electrons. The lowest BCUT2D eigenvalue weighted by Crippen LogP contribution is -2.13. The molecule has 1 heterocycles. The largest absolute Gasteiger partial charge is 0.308 e. The van der Waals surface area contributed by atoms with Crippen LogP contribution in [0.5, 0.6) is 0 Å². The van der Waals surface area contributed by atoms with E-state index in [0.29, 0.717) is 11.7 Å². The Bertz CT molecular complexity index is 658. The number of anilines is 1. The summed E-state index contributed by atoms with van der Waals surface area (Å²) < 4.78 is 0. The van der Waals surface area contributed by atoms with Crippen LogP contribution in [0.2, 0.25) is 5.02 Å². The maximum atomic E-state index is 6.20. The van der Waals surface area contributed by atoms with Gasteiger partial charge in [0.15, 0.2) is 0 Å². The third-order valence-electron chi connectivity index (χ3n) is 3.52. The molecule has 1 saturated carbocycles. The molecule has 0 atom stereocenters. The molecule has 1 fully saturated rings. The average molecular weight is 321 g/mol. The summed E-state index contributed by atoms with van der Waals surface area (Å²) in [6, 6.07) is 7.88. The average Bonchev–Trinajstić information content (AvgIpc) is 3.32. The van der Waals surface area contributed by atoms with Crippen molar-refractivity contribution < 1.29 is 0 Å². The highest BCUT2D eigenvalue weighted by atomic mass is 35.5. The number of aromatic nitrogens is 2. The zero-order valence-electron chi connectivity index (χ0n) is 11.8. The number of rotatable bonds is 5. The number of thioether (sulfide) groups is 1. The van der Waals surface area contributed by atoms with Crippen LogP contribution in [0.15, 0.2) is 29.3 Å². The molecule has 3 N–H and O–H groups in total. The molecule has 0 bridgehead atoms. The Morgan fingerprint density at radius 3 is 2.76 bits per heavy atom. The zero-order chi connectivity index (χ0) is 14.8. The van der Waals surface area contributed by atoms with Gasteiger partial charge in [0.05, 0.1) is 0 Å². The Morgan fingerprint density at radius 2 is 2.10 bits per heavy atom. The van der Waals surface area contributed by atoms with Gasteiger partial charge in [-0.3, -0.25) is 0 Å². The van der Waals surface area contributed by atoms with Gasteiger partial charge in [-0.2, -0.15) is 0 Å². The lowest BCUT2D eigenvalue weighted by Gasteiger charge is -2.11. The van der Waals surface area contributed by atoms with Crippen LogP contribution in [0, 0.1) is 6.92 Å². The molecular formula is C15H17ClN4S. The molecule has 0 unspecified atom stereocenters. The van der Waals surface area contributed by atoms with Crippen LogP contribution in [0.25, 0.3) is 0 Å². The molecule has 1 aliphatic rings. The fourth-order valence-electron chi connectivity index (χ4n) is 2.08. The summed E-state index contributed by atoms with van der Waals surface area (Å²) in [6.07, 6.45) is 2.34. The molecule has 0 spiro atoms. The molecule has 1 aromatic carbocycles. The number of halogens is 1. The van der Waals surface area contributed by atoms with Gasteiger partial charge in [0.2, 0.25) is 0 Å². The summed E-state index contributed by atoms with van der Waals surface area (Å²) in [5, 5.41) is 1.76. The first-order valence-corrected chi connectivity index (χ1v) is 8.26. The van der Waals surface area contributed by atoms with Gasteiger partial charge >= 0.3 is 0 Å². The minimum absolute atomic E-state index is 0.498. The molecule has 0 saturated heterocycles. The van der Waals surface area contributed by atoms with E-state index in [2.05, 4.69) is 10.4 Å². The number of hydrazine groups is 1.